The molecule has 1 fully saturated rings. The number of carbonyl (C=O) groups is 3. The van der Waals surface area contributed by atoms with E-state index in [1.807, 2.05) is 13.8 Å². The molecular weight excluding hydrogens is 171 g/mol. The maximum absolute atomic E-state index is 12.0. The van der Waals surface area contributed by atoms with Gasteiger partial charge in [0.05, 0.1) is 0 Å². The fourth-order valence-corrected chi connectivity index (χ4v) is 0.385. The van der Waals surface area contributed by atoms with E-state index in [2.05, 4.69) is 9.47 Å². The highest BCUT2D eigenvalue weighted by atomic mass is 19.1. The molecule has 0 unspecified atom stereocenters. The van der Waals surface area contributed by atoms with Gasteiger partial charge in [-0.3, -0.25) is 0 Å². The van der Waals surface area contributed by atoms with Gasteiger partial charge in [-0.05, 0) is 0 Å². The molecule has 0 aromatic rings. The van der Waals surface area contributed by atoms with Gasteiger partial charge in [0, 0.05) is 0 Å². The van der Waals surface area contributed by atoms with Crippen LogP contribution in [0.2, 0.25) is 0 Å². The molecule has 1 saturated heterocycles. The maximum atomic E-state index is 12.0. The molecule has 68 valence electrons. The lowest BCUT2D eigenvalue weighted by molar-refractivity contribution is -0.167. The third-order valence-corrected chi connectivity index (χ3v) is 0.782. The molecule has 12 heavy (non-hydrogen) atoms. The van der Waals surface area contributed by atoms with Gasteiger partial charge in [-0.15, -0.1) is 0 Å². The predicted molar refractivity (Wildman–Crippen MR) is 33.8 cm³/mol. The average molecular weight is 178 g/mol. The van der Waals surface area contributed by atoms with Gasteiger partial charge in [-0.25, -0.2) is 18.8 Å². The Morgan fingerprint density at radius 1 is 1.08 bits per heavy atom. The van der Waals surface area contributed by atoms with Gasteiger partial charge in [0.25, 0.3) is 6.17 Å². The number of carbonyl (C=O) groups excluding carboxylic acids is 3. The number of alkyl halides is 1. The molecule has 6 heteroatoms. The highest BCUT2D eigenvalue weighted by molar-refractivity contribution is 6.07. The molecule has 0 bridgehead atoms. The molecule has 1 aliphatic heterocycles. The Morgan fingerprint density at radius 2 is 1.42 bits per heavy atom. The highest BCUT2D eigenvalue weighted by Gasteiger charge is 2.38. The Bertz CT molecular complexity index is 192. The van der Waals surface area contributed by atoms with Crippen LogP contribution in [0, 0.1) is 0 Å². The normalized spacial score (nSPS) is 17.4. The molecule has 0 spiro atoms. The van der Waals surface area contributed by atoms with Crippen LogP contribution in [0.25, 0.3) is 0 Å². The molecule has 0 amide bonds. The van der Waals surface area contributed by atoms with Crippen molar-refractivity contribution in [3.05, 3.63) is 0 Å². The summed E-state index contributed by atoms with van der Waals surface area (Å²) in [5.74, 6) is -3.05. The van der Waals surface area contributed by atoms with E-state index in [4.69, 9.17) is 0 Å². The summed E-state index contributed by atoms with van der Waals surface area (Å²) in [6.45, 7) is 4.00. The highest BCUT2D eigenvalue weighted by Crippen LogP contribution is 2.06. The van der Waals surface area contributed by atoms with Crippen molar-refractivity contribution in [2.75, 3.05) is 0 Å². The SMILES string of the molecule is CC.O=C1OC(=O)C(F)C(=O)O1. The van der Waals surface area contributed by atoms with Gasteiger partial charge >= 0.3 is 18.1 Å². The van der Waals surface area contributed by atoms with Gasteiger partial charge in [0.15, 0.2) is 0 Å². The number of rotatable bonds is 0. The summed E-state index contributed by atoms with van der Waals surface area (Å²) in [5, 5.41) is 0. The lowest BCUT2D eigenvalue weighted by Gasteiger charge is -2.10. The van der Waals surface area contributed by atoms with Gasteiger partial charge in [0.1, 0.15) is 0 Å². The van der Waals surface area contributed by atoms with Crippen LogP contribution in [0.15, 0.2) is 0 Å². The lowest BCUT2D eigenvalue weighted by atomic mass is 10.4. The number of cyclic esters (lactones) is 4. The van der Waals surface area contributed by atoms with Crippen LogP contribution in [-0.2, 0) is 19.1 Å². The summed E-state index contributed by atoms with van der Waals surface area (Å²) in [7, 11) is 0. The summed E-state index contributed by atoms with van der Waals surface area (Å²) < 4.78 is 19.2. The van der Waals surface area contributed by atoms with E-state index in [-0.39, 0.29) is 0 Å². The first-order valence-corrected chi connectivity index (χ1v) is 3.22. The van der Waals surface area contributed by atoms with Gasteiger partial charge in [0.2, 0.25) is 0 Å². The molecule has 0 aromatic carbocycles. The minimum atomic E-state index is -2.49. The first kappa shape index (κ1) is 10.5. The number of esters is 2. The van der Waals surface area contributed by atoms with Gasteiger partial charge in [-0.1, -0.05) is 13.8 Å². The van der Waals surface area contributed by atoms with Crippen LogP contribution in [0.1, 0.15) is 13.8 Å². The van der Waals surface area contributed by atoms with Crippen molar-refractivity contribution >= 4 is 18.1 Å². The maximum Gasteiger partial charge on any atom is 0.524 e. The molecule has 1 rings (SSSR count). The zero-order chi connectivity index (χ0) is 9.72. The van der Waals surface area contributed by atoms with E-state index < -0.39 is 24.3 Å². The third-order valence-electron chi connectivity index (χ3n) is 0.782. The van der Waals surface area contributed by atoms with Crippen LogP contribution < -0.4 is 0 Å². The van der Waals surface area contributed by atoms with Crippen molar-refractivity contribution in [2.24, 2.45) is 0 Å². The smallest absolute Gasteiger partial charge is 0.357 e. The molecule has 0 atom stereocenters. The van der Waals surface area contributed by atoms with Crippen molar-refractivity contribution in [1.29, 1.82) is 0 Å². The zero-order valence-electron chi connectivity index (χ0n) is 6.50. The molecule has 0 aromatic heterocycles. The third kappa shape index (κ3) is 2.30. The fraction of sp³-hybridized carbons (Fsp3) is 0.500. The van der Waals surface area contributed by atoms with Crippen LogP contribution in [0.5, 0.6) is 0 Å². The molecule has 1 heterocycles. The average Bonchev–Trinajstić information content (AvgIpc) is 2.04. The van der Waals surface area contributed by atoms with Crippen molar-refractivity contribution in [3.8, 4) is 0 Å². The minimum Gasteiger partial charge on any atom is -0.357 e. The van der Waals surface area contributed by atoms with E-state index in [1.54, 1.807) is 0 Å². The Labute approximate surface area is 67.4 Å². The monoisotopic (exact) mass is 178 g/mol. The summed E-state index contributed by atoms with van der Waals surface area (Å²) >= 11 is 0. The summed E-state index contributed by atoms with van der Waals surface area (Å²) in [6, 6.07) is 0. The van der Waals surface area contributed by atoms with Crippen LogP contribution in [0.4, 0.5) is 9.18 Å². The number of hydrogen-bond acceptors (Lipinski definition) is 5. The second-order valence-electron chi connectivity index (χ2n) is 1.45. The van der Waals surface area contributed by atoms with E-state index in [0.717, 1.165) is 0 Å². The number of ether oxygens (including phenoxy) is 2. The fourth-order valence-electron chi connectivity index (χ4n) is 0.385. The predicted octanol–water partition coefficient (Wildman–Crippen LogP) is 0.571. The Morgan fingerprint density at radius 3 is 1.75 bits per heavy atom. The number of hydrogen-bond donors (Lipinski definition) is 0. The van der Waals surface area contributed by atoms with Crippen LogP contribution in [-0.4, -0.2) is 24.3 Å². The van der Waals surface area contributed by atoms with Crippen molar-refractivity contribution in [3.63, 3.8) is 0 Å². The van der Waals surface area contributed by atoms with E-state index in [9.17, 15) is 18.8 Å². The largest absolute Gasteiger partial charge is 0.524 e. The molecule has 0 radical (unpaired) electrons. The Hall–Kier alpha value is -1.46. The molecule has 0 aliphatic carbocycles. The van der Waals surface area contributed by atoms with Crippen LogP contribution in [0.3, 0.4) is 0 Å². The van der Waals surface area contributed by atoms with E-state index in [0.29, 0.717) is 0 Å². The molecule has 0 saturated carbocycles. The molecule has 5 nitrogen and oxygen atoms in total. The van der Waals surface area contributed by atoms with Crippen molar-refractivity contribution < 1.29 is 28.2 Å². The topological polar surface area (TPSA) is 69.7 Å². The molecule has 1 aliphatic rings. The zero-order valence-corrected chi connectivity index (χ0v) is 6.50. The van der Waals surface area contributed by atoms with Crippen molar-refractivity contribution in [1.82, 2.24) is 0 Å². The van der Waals surface area contributed by atoms with E-state index >= 15 is 0 Å². The standard InChI is InChI=1S/C4HFO5.C2H6/c5-1-2(6)9-4(8)10-3(1)7;1-2/h1H;1-2H3. The molecular formula is C6H7FO5. The number of halogens is 1. The minimum absolute atomic E-state index is 1.48. The van der Waals surface area contributed by atoms with E-state index in [1.165, 1.54) is 0 Å². The van der Waals surface area contributed by atoms with Crippen molar-refractivity contribution in [2.45, 2.75) is 20.0 Å². The van der Waals surface area contributed by atoms with Gasteiger partial charge in [-0.2, -0.15) is 0 Å². The molecule has 0 N–H and O–H groups in total. The second kappa shape index (κ2) is 4.42. The van der Waals surface area contributed by atoms with Gasteiger partial charge < -0.3 is 9.47 Å². The summed E-state index contributed by atoms with van der Waals surface area (Å²) in [5.41, 5.74) is 0. The summed E-state index contributed by atoms with van der Waals surface area (Å²) in [4.78, 5) is 30.2. The Balaban J connectivity index is 0.000000561. The lowest BCUT2D eigenvalue weighted by Crippen LogP contribution is -2.38. The first-order chi connectivity index (χ1) is 5.61. The second-order valence-corrected chi connectivity index (χ2v) is 1.45. The summed E-state index contributed by atoms with van der Waals surface area (Å²) in [6.07, 6.45) is -3.97. The van der Waals surface area contributed by atoms with Crippen LogP contribution >= 0.6 is 0 Å². The first-order valence-electron chi connectivity index (χ1n) is 3.22. The quantitative estimate of drug-likeness (QED) is 0.400. The Kier molecular flexibility index (Phi) is 3.89.